The molecule has 1 aliphatic carbocycles. The van der Waals surface area contributed by atoms with E-state index in [9.17, 15) is 0 Å². The minimum absolute atomic E-state index is 0.389. The van der Waals surface area contributed by atoms with Crippen LogP contribution in [0.2, 0.25) is 5.02 Å². The van der Waals surface area contributed by atoms with Crippen LogP contribution < -0.4 is 10.1 Å². The monoisotopic (exact) mass is 265 g/mol. The molecule has 2 aliphatic rings. The highest BCUT2D eigenvalue weighted by Crippen LogP contribution is 2.40. The molecule has 2 nitrogen and oxygen atoms in total. The third-order valence-electron chi connectivity index (χ3n) is 4.05. The van der Waals surface area contributed by atoms with Gasteiger partial charge in [-0.05, 0) is 62.4 Å². The van der Waals surface area contributed by atoms with Crippen molar-refractivity contribution in [3.63, 3.8) is 0 Å². The molecule has 1 heterocycles. The maximum atomic E-state index is 6.26. The zero-order valence-corrected chi connectivity index (χ0v) is 11.5. The van der Waals surface area contributed by atoms with E-state index in [0.717, 1.165) is 35.3 Å². The summed E-state index contributed by atoms with van der Waals surface area (Å²) in [6, 6.07) is 5.98. The van der Waals surface area contributed by atoms with Gasteiger partial charge >= 0.3 is 0 Å². The van der Waals surface area contributed by atoms with Gasteiger partial charge in [-0.2, -0.15) is 0 Å². The van der Waals surface area contributed by atoms with E-state index in [4.69, 9.17) is 16.3 Å². The number of hydrogen-bond donors (Lipinski definition) is 1. The molecule has 0 spiro atoms. The molecule has 0 amide bonds. The Hall–Kier alpha value is -0.730. The Morgan fingerprint density at radius 1 is 1.28 bits per heavy atom. The van der Waals surface area contributed by atoms with Gasteiger partial charge < -0.3 is 10.1 Å². The second-order valence-electron chi connectivity index (χ2n) is 5.58. The van der Waals surface area contributed by atoms with Crippen molar-refractivity contribution in [2.45, 2.75) is 32.3 Å². The van der Waals surface area contributed by atoms with Gasteiger partial charge in [0.15, 0.2) is 0 Å². The van der Waals surface area contributed by atoms with Crippen molar-refractivity contribution in [1.29, 1.82) is 0 Å². The van der Waals surface area contributed by atoms with Gasteiger partial charge in [-0.1, -0.05) is 11.6 Å². The normalized spacial score (nSPS) is 25.1. The lowest BCUT2D eigenvalue weighted by Gasteiger charge is -2.24. The third-order valence-corrected chi connectivity index (χ3v) is 4.48. The van der Waals surface area contributed by atoms with E-state index < -0.39 is 0 Å². The SMILES string of the molecule is Cc1cc(OC(C2CC2)[C@H]2CCNC2)ccc1Cl. The minimum Gasteiger partial charge on any atom is -0.490 e. The zero-order valence-electron chi connectivity index (χ0n) is 10.8. The smallest absolute Gasteiger partial charge is 0.120 e. The van der Waals surface area contributed by atoms with Crippen LogP contribution in [0.4, 0.5) is 0 Å². The van der Waals surface area contributed by atoms with Crippen molar-refractivity contribution >= 4 is 11.6 Å². The Morgan fingerprint density at radius 2 is 2.11 bits per heavy atom. The van der Waals surface area contributed by atoms with Gasteiger partial charge in [0.2, 0.25) is 0 Å². The fourth-order valence-corrected chi connectivity index (χ4v) is 2.92. The van der Waals surface area contributed by atoms with E-state index >= 15 is 0 Å². The summed E-state index contributed by atoms with van der Waals surface area (Å²) in [5, 5.41) is 4.25. The van der Waals surface area contributed by atoms with E-state index in [1.54, 1.807) is 0 Å². The predicted octanol–water partition coefficient (Wildman–Crippen LogP) is 3.42. The maximum absolute atomic E-state index is 6.26. The van der Waals surface area contributed by atoms with E-state index in [2.05, 4.69) is 11.4 Å². The molecule has 1 aromatic rings. The summed E-state index contributed by atoms with van der Waals surface area (Å²) in [5.41, 5.74) is 1.09. The number of hydrogen-bond acceptors (Lipinski definition) is 2. The molecule has 2 atom stereocenters. The topological polar surface area (TPSA) is 21.3 Å². The van der Waals surface area contributed by atoms with Gasteiger partial charge in [-0.25, -0.2) is 0 Å². The highest BCUT2D eigenvalue weighted by Gasteiger charge is 2.39. The standard InChI is InChI=1S/C15H20ClNO/c1-10-8-13(4-5-14(10)16)18-15(11-2-3-11)12-6-7-17-9-12/h4-5,8,11-12,15,17H,2-3,6-7,9H2,1H3/t12-,15?/m0/s1. The first kappa shape index (κ1) is 12.3. The molecular weight excluding hydrogens is 246 g/mol. The molecule has 0 aromatic heterocycles. The van der Waals surface area contributed by atoms with E-state index in [1.807, 2.05) is 19.1 Å². The van der Waals surface area contributed by atoms with Gasteiger partial charge in [-0.3, -0.25) is 0 Å². The number of nitrogens with one attached hydrogen (secondary N) is 1. The van der Waals surface area contributed by atoms with E-state index in [1.165, 1.54) is 19.3 Å². The summed E-state index contributed by atoms with van der Waals surface area (Å²) in [4.78, 5) is 0. The second kappa shape index (κ2) is 5.10. The van der Waals surface area contributed by atoms with Crippen LogP contribution in [0.25, 0.3) is 0 Å². The Morgan fingerprint density at radius 3 is 2.72 bits per heavy atom. The van der Waals surface area contributed by atoms with Crippen LogP contribution in [0.1, 0.15) is 24.8 Å². The lowest BCUT2D eigenvalue weighted by atomic mass is 9.97. The molecule has 1 N–H and O–H groups in total. The molecule has 1 aromatic carbocycles. The molecule has 98 valence electrons. The van der Waals surface area contributed by atoms with Gasteiger partial charge in [-0.15, -0.1) is 0 Å². The number of rotatable bonds is 4. The van der Waals surface area contributed by atoms with Crippen molar-refractivity contribution in [3.8, 4) is 5.75 Å². The van der Waals surface area contributed by atoms with Crippen LogP contribution in [-0.4, -0.2) is 19.2 Å². The molecule has 18 heavy (non-hydrogen) atoms. The van der Waals surface area contributed by atoms with Gasteiger partial charge in [0, 0.05) is 17.5 Å². The first-order chi connectivity index (χ1) is 8.74. The molecule has 3 heteroatoms. The molecule has 0 radical (unpaired) electrons. The van der Waals surface area contributed by atoms with Gasteiger partial charge in [0.05, 0.1) is 0 Å². The largest absolute Gasteiger partial charge is 0.490 e. The van der Waals surface area contributed by atoms with Crippen molar-refractivity contribution in [2.24, 2.45) is 11.8 Å². The van der Waals surface area contributed by atoms with Crippen LogP contribution >= 0.6 is 11.6 Å². The fourth-order valence-electron chi connectivity index (χ4n) is 2.81. The van der Waals surface area contributed by atoms with Gasteiger partial charge in [0.25, 0.3) is 0 Å². The predicted molar refractivity (Wildman–Crippen MR) is 74.3 cm³/mol. The molecule has 1 unspecified atom stereocenters. The number of benzene rings is 1. The summed E-state index contributed by atoms with van der Waals surface area (Å²) in [7, 11) is 0. The minimum atomic E-state index is 0.389. The van der Waals surface area contributed by atoms with Crippen molar-refractivity contribution < 1.29 is 4.74 Å². The number of halogens is 1. The first-order valence-corrected chi connectivity index (χ1v) is 7.25. The van der Waals surface area contributed by atoms with Crippen LogP contribution in [0.3, 0.4) is 0 Å². The molecule has 0 bridgehead atoms. The summed E-state index contributed by atoms with van der Waals surface area (Å²) >= 11 is 6.05. The molecule has 1 saturated carbocycles. The molecule has 3 rings (SSSR count). The molecule has 2 fully saturated rings. The lowest BCUT2D eigenvalue weighted by molar-refractivity contribution is 0.121. The van der Waals surface area contributed by atoms with Crippen LogP contribution in [-0.2, 0) is 0 Å². The maximum Gasteiger partial charge on any atom is 0.120 e. The zero-order chi connectivity index (χ0) is 12.5. The van der Waals surface area contributed by atoms with Crippen molar-refractivity contribution in [3.05, 3.63) is 28.8 Å². The first-order valence-electron chi connectivity index (χ1n) is 6.87. The quantitative estimate of drug-likeness (QED) is 0.901. The van der Waals surface area contributed by atoms with Crippen molar-refractivity contribution in [2.75, 3.05) is 13.1 Å². The summed E-state index contributed by atoms with van der Waals surface area (Å²) < 4.78 is 6.26. The average Bonchev–Trinajstić information content (AvgIpc) is 3.05. The Balaban J connectivity index is 1.73. The molecule has 1 saturated heterocycles. The number of ether oxygens (including phenoxy) is 1. The Bertz CT molecular complexity index is 425. The highest BCUT2D eigenvalue weighted by molar-refractivity contribution is 6.31. The Labute approximate surface area is 114 Å². The highest BCUT2D eigenvalue weighted by atomic mass is 35.5. The van der Waals surface area contributed by atoms with Crippen molar-refractivity contribution in [1.82, 2.24) is 5.32 Å². The van der Waals surface area contributed by atoms with E-state index in [-0.39, 0.29) is 0 Å². The second-order valence-corrected chi connectivity index (χ2v) is 5.99. The van der Waals surface area contributed by atoms with Crippen LogP contribution in [0, 0.1) is 18.8 Å². The fraction of sp³-hybridized carbons (Fsp3) is 0.600. The van der Waals surface area contributed by atoms with Crippen LogP contribution in [0.5, 0.6) is 5.75 Å². The molecular formula is C15H20ClNO. The molecule has 1 aliphatic heterocycles. The number of aryl methyl sites for hydroxylation is 1. The lowest BCUT2D eigenvalue weighted by Crippen LogP contribution is -2.30. The van der Waals surface area contributed by atoms with Gasteiger partial charge in [0.1, 0.15) is 11.9 Å². The average molecular weight is 266 g/mol. The Kier molecular flexibility index (Phi) is 3.49. The summed E-state index contributed by atoms with van der Waals surface area (Å²) in [6.07, 6.45) is 4.29. The van der Waals surface area contributed by atoms with E-state index in [0.29, 0.717) is 12.0 Å². The van der Waals surface area contributed by atoms with Crippen LogP contribution in [0.15, 0.2) is 18.2 Å². The summed E-state index contributed by atoms with van der Waals surface area (Å²) in [6.45, 7) is 4.27. The summed E-state index contributed by atoms with van der Waals surface area (Å²) in [5.74, 6) is 2.42. The third kappa shape index (κ3) is 2.65.